The summed E-state index contributed by atoms with van der Waals surface area (Å²) in [5.74, 6) is 0.100. The van der Waals surface area contributed by atoms with Gasteiger partial charge in [-0.25, -0.2) is 0 Å². The summed E-state index contributed by atoms with van der Waals surface area (Å²) in [6.07, 6.45) is 2.93. The van der Waals surface area contributed by atoms with Crippen molar-refractivity contribution in [3.05, 3.63) is 0 Å². The summed E-state index contributed by atoms with van der Waals surface area (Å²) in [5, 5.41) is 6.01. The molecule has 0 bridgehead atoms. The lowest BCUT2D eigenvalue weighted by molar-refractivity contribution is -0.127. The third-order valence-corrected chi connectivity index (χ3v) is 3.66. The maximum Gasteiger partial charge on any atom is 0.238 e. The van der Waals surface area contributed by atoms with Crippen LogP contribution < -0.4 is 10.6 Å². The number of ether oxygens (including phenoxy) is 1. The summed E-state index contributed by atoms with van der Waals surface area (Å²) in [5.41, 5.74) is 0. The van der Waals surface area contributed by atoms with E-state index >= 15 is 0 Å². The van der Waals surface area contributed by atoms with Crippen LogP contribution in [0.5, 0.6) is 0 Å². The number of rotatable bonds is 3. The van der Waals surface area contributed by atoms with Gasteiger partial charge in [0.25, 0.3) is 0 Å². The molecule has 0 aromatic rings. The maximum absolute atomic E-state index is 11.8. The quantitative estimate of drug-likeness (QED) is 0.704. The summed E-state index contributed by atoms with van der Waals surface area (Å²) in [6.45, 7) is 5.61. The van der Waals surface area contributed by atoms with Gasteiger partial charge in [-0.2, -0.15) is 0 Å². The van der Waals surface area contributed by atoms with Gasteiger partial charge in [-0.3, -0.25) is 9.69 Å². The SMILES string of the molecule is CNC(=O)C1CNCCN1CC1CCC(C)O1. The number of nitrogens with one attached hydrogen (secondary N) is 2. The van der Waals surface area contributed by atoms with Crippen LogP contribution in [0.25, 0.3) is 0 Å². The Labute approximate surface area is 103 Å². The lowest BCUT2D eigenvalue weighted by Gasteiger charge is -2.36. The minimum atomic E-state index is -0.0479. The standard InChI is InChI=1S/C12H23N3O2/c1-9-3-4-10(17-9)8-15-6-5-14-7-11(15)12(16)13-2/h9-11,14H,3-8H2,1-2H3,(H,13,16). The maximum atomic E-state index is 11.8. The number of carbonyl (C=O) groups is 1. The van der Waals surface area contributed by atoms with Crippen molar-refractivity contribution >= 4 is 5.91 Å². The molecule has 2 aliphatic heterocycles. The summed E-state index contributed by atoms with van der Waals surface area (Å²) in [6, 6.07) is -0.0479. The summed E-state index contributed by atoms with van der Waals surface area (Å²) in [4.78, 5) is 14.0. The molecule has 0 aromatic heterocycles. The molecule has 98 valence electrons. The summed E-state index contributed by atoms with van der Waals surface area (Å²) < 4.78 is 5.83. The smallest absolute Gasteiger partial charge is 0.238 e. The first-order chi connectivity index (χ1) is 8.20. The lowest BCUT2D eigenvalue weighted by Crippen LogP contribution is -2.58. The second-order valence-electron chi connectivity index (χ2n) is 4.98. The molecule has 3 atom stereocenters. The van der Waals surface area contributed by atoms with Gasteiger partial charge in [0.15, 0.2) is 0 Å². The van der Waals surface area contributed by atoms with Crippen molar-refractivity contribution in [2.24, 2.45) is 0 Å². The number of piperazine rings is 1. The molecule has 1 amide bonds. The second-order valence-corrected chi connectivity index (χ2v) is 4.98. The zero-order chi connectivity index (χ0) is 12.3. The van der Waals surface area contributed by atoms with Gasteiger partial charge in [-0.05, 0) is 19.8 Å². The largest absolute Gasteiger partial charge is 0.374 e. The Morgan fingerprint density at radius 3 is 3.00 bits per heavy atom. The van der Waals surface area contributed by atoms with Crippen LogP contribution in [0.3, 0.4) is 0 Å². The Kier molecular flexibility index (Phi) is 4.36. The van der Waals surface area contributed by atoms with E-state index in [0.717, 1.165) is 39.0 Å². The fraction of sp³-hybridized carbons (Fsp3) is 0.917. The molecular formula is C12H23N3O2. The average molecular weight is 241 g/mol. The molecule has 3 unspecified atom stereocenters. The zero-order valence-corrected chi connectivity index (χ0v) is 10.7. The molecule has 5 heteroatoms. The molecule has 17 heavy (non-hydrogen) atoms. The van der Waals surface area contributed by atoms with Crippen LogP contribution in [0.2, 0.25) is 0 Å². The number of carbonyl (C=O) groups excluding carboxylic acids is 1. The average Bonchev–Trinajstić information content (AvgIpc) is 2.74. The Morgan fingerprint density at radius 2 is 2.35 bits per heavy atom. The Hall–Kier alpha value is -0.650. The molecule has 2 aliphatic rings. The van der Waals surface area contributed by atoms with E-state index in [1.807, 2.05) is 0 Å². The van der Waals surface area contributed by atoms with Crippen molar-refractivity contribution in [2.75, 3.05) is 33.2 Å². The first kappa shape index (κ1) is 12.8. The third-order valence-electron chi connectivity index (χ3n) is 3.66. The van der Waals surface area contributed by atoms with Crippen molar-refractivity contribution in [2.45, 2.75) is 38.0 Å². The number of hydrogen-bond acceptors (Lipinski definition) is 4. The number of amides is 1. The van der Waals surface area contributed by atoms with Gasteiger partial charge < -0.3 is 15.4 Å². The van der Waals surface area contributed by atoms with Crippen molar-refractivity contribution in [3.63, 3.8) is 0 Å². The highest BCUT2D eigenvalue weighted by Crippen LogP contribution is 2.20. The number of nitrogens with zero attached hydrogens (tertiary/aromatic N) is 1. The monoisotopic (exact) mass is 241 g/mol. The fourth-order valence-corrected chi connectivity index (χ4v) is 2.67. The molecule has 0 aliphatic carbocycles. The topological polar surface area (TPSA) is 53.6 Å². The van der Waals surface area contributed by atoms with Gasteiger partial charge in [-0.1, -0.05) is 0 Å². The summed E-state index contributed by atoms with van der Waals surface area (Å²) in [7, 11) is 1.70. The predicted octanol–water partition coefficient (Wildman–Crippen LogP) is -0.426. The van der Waals surface area contributed by atoms with Gasteiger partial charge in [0.2, 0.25) is 5.91 Å². The Morgan fingerprint density at radius 1 is 1.53 bits per heavy atom. The molecule has 2 fully saturated rings. The number of hydrogen-bond donors (Lipinski definition) is 2. The van der Waals surface area contributed by atoms with Crippen LogP contribution in [0, 0.1) is 0 Å². The molecule has 0 aromatic carbocycles. The van der Waals surface area contributed by atoms with E-state index in [1.54, 1.807) is 7.05 Å². The van der Waals surface area contributed by atoms with Crippen LogP contribution >= 0.6 is 0 Å². The zero-order valence-electron chi connectivity index (χ0n) is 10.7. The minimum absolute atomic E-state index is 0.0479. The molecule has 0 spiro atoms. The predicted molar refractivity (Wildman–Crippen MR) is 65.9 cm³/mol. The van der Waals surface area contributed by atoms with E-state index < -0.39 is 0 Å². The van der Waals surface area contributed by atoms with Crippen molar-refractivity contribution < 1.29 is 9.53 Å². The lowest BCUT2D eigenvalue weighted by atomic mass is 10.1. The van der Waals surface area contributed by atoms with Gasteiger partial charge in [-0.15, -0.1) is 0 Å². The molecule has 5 nitrogen and oxygen atoms in total. The Bertz CT molecular complexity index is 272. The normalized spacial score (nSPS) is 34.8. The highest BCUT2D eigenvalue weighted by molar-refractivity contribution is 5.81. The van der Waals surface area contributed by atoms with E-state index in [4.69, 9.17) is 4.74 Å². The van der Waals surface area contributed by atoms with Crippen LogP contribution in [0.4, 0.5) is 0 Å². The fourth-order valence-electron chi connectivity index (χ4n) is 2.67. The van der Waals surface area contributed by atoms with Crippen molar-refractivity contribution in [3.8, 4) is 0 Å². The van der Waals surface area contributed by atoms with Gasteiger partial charge in [0.1, 0.15) is 6.04 Å². The van der Waals surface area contributed by atoms with Crippen LogP contribution in [-0.2, 0) is 9.53 Å². The van der Waals surface area contributed by atoms with E-state index in [-0.39, 0.29) is 11.9 Å². The highest BCUT2D eigenvalue weighted by Gasteiger charge is 2.31. The van der Waals surface area contributed by atoms with Crippen molar-refractivity contribution in [1.29, 1.82) is 0 Å². The first-order valence-corrected chi connectivity index (χ1v) is 6.52. The highest BCUT2D eigenvalue weighted by atomic mass is 16.5. The first-order valence-electron chi connectivity index (χ1n) is 6.52. The van der Waals surface area contributed by atoms with Crippen LogP contribution in [0.1, 0.15) is 19.8 Å². The molecule has 2 rings (SSSR count). The van der Waals surface area contributed by atoms with E-state index in [9.17, 15) is 4.79 Å². The number of likely N-dealkylation sites (N-methyl/N-ethyl adjacent to an activating group) is 1. The molecule has 2 heterocycles. The van der Waals surface area contributed by atoms with Crippen molar-refractivity contribution in [1.82, 2.24) is 15.5 Å². The van der Waals surface area contributed by atoms with Gasteiger partial charge in [0.05, 0.1) is 12.2 Å². The van der Waals surface area contributed by atoms with Crippen LogP contribution in [-0.4, -0.2) is 62.3 Å². The molecular weight excluding hydrogens is 218 g/mol. The van der Waals surface area contributed by atoms with Gasteiger partial charge in [0, 0.05) is 33.2 Å². The molecule has 0 radical (unpaired) electrons. The van der Waals surface area contributed by atoms with Crippen LogP contribution in [0.15, 0.2) is 0 Å². The molecule has 2 N–H and O–H groups in total. The van der Waals surface area contributed by atoms with Gasteiger partial charge >= 0.3 is 0 Å². The van der Waals surface area contributed by atoms with E-state index in [2.05, 4.69) is 22.5 Å². The van der Waals surface area contributed by atoms with E-state index in [1.165, 1.54) is 0 Å². The molecule has 0 saturated carbocycles. The summed E-state index contributed by atoms with van der Waals surface area (Å²) >= 11 is 0. The second kappa shape index (κ2) is 5.80. The molecule has 2 saturated heterocycles. The third kappa shape index (κ3) is 3.18. The van der Waals surface area contributed by atoms with E-state index in [0.29, 0.717) is 12.2 Å². The minimum Gasteiger partial charge on any atom is -0.374 e. The Balaban J connectivity index is 1.90.